The number of likely N-dealkylation sites (tertiary alicyclic amines) is 1. The highest BCUT2D eigenvalue weighted by Gasteiger charge is 2.27. The number of piperidine rings is 1. The highest BCUT2D eigenvalue weighted by atomic mass is 32.1. The van der Waals surface area contributed by atoms with Crippen molar-refractivity contribution in [1.82, 2.24) is 10.2 Å². The van der Waals surface area contributed by atoms with Gasteiger partial charge in [-0.05, 0) is 57.2 Å². The summed E-state index contributed by atoms with van der Waals surface area (Å²) in [6, 6.07) is 0. The highest BCUT2D eigenvalue weighted by molar-refractivity contribution is 7.17. The molecule has 7 nitrogen and oxygen atoms in total. The van der Waals surface area contributed by atoms with Crippen LogP contribution in [-0.4, -0.2) is 49.3 Å². The minimum Gasteiger partial charge on any atom is -0.365 e. The van der Waals surface area contributed by atoms with Crippen LogP contribution in [0.15, 0.2) is 0 Å². The summed E-state index contributed by atoms with van der Waals surface area (Å²) < 4.78 is 0. The zero-order chi connectivity index (χ0) is 18.7. The van der Waals surface area contributed by atoms with Crippen molar-refractivity contribution in [1.29, 1.82) is 0 Å². The van der Waals surface area contributed by atoms with Gasteiger partial charge >= 0.3 is 0 Å². The first-order chi connectivity index (χ1) is 12.5. The maximum Gasteiger partial charge on any atom is 0.251 e. The third kappa shape index (κ3) is 4.07. The standard InChI is InChI=1S/C18H26N4O3S/c1-20-17(25)11-6-8-22(9-7-11)10-14(23)21-18-15(16(19)24)12-4-2-3-5-13(12)26-18/h11H,2-10H2,1H3,(H2,19,24)(H,20,25)(H,21,23). The van der Waals surface area contributed by atoms with Crippen LogP contribution < -0.4 is 16.4 Å². The van der Waals surface area contributed by atoms with Crippen molar-refractivity contribution in [3.05, 3.63) is 16.0 Å². The summed E-state index contributed by atoms with van der Waals surface area (Å²) in [7, 11) is 1.65. The molecular formula is C18H26N4O3S. The molecule has 26 heavy (non-hydrogen) atoms. The molecule has 0 atom stereocenters. The number of carbonyl (C=O) groups is 3. The number of anilines is 1. The van der Waals surface area contributed by atoms with Crippen molar-refractivity contribution in [2.45, 2.75) is 38.5 Å². The number of fused-ring (bicyclic) bond motifs is 1. The molecule has 142 valence electrons. The molecule has 1 aromatic heterocycles. The van der Waals surface area contributed by atoms with Gasteiger partial charge in [0.1, 0.15) is 5.00 Å². The minimum absolute atomic E-state index is 0.0322. The minimum atomic E-state index is -0.467. The molecule has 1 aliphatic carbocycles. The lowest BCUT2D eigenvalue weighted by atomic mass is 9.95. The van der Waals surface area contributed by atoms with E-state index in [2.05, 4.69) is 10.6 Å². The summed E-state index contributed by atoms with van der Waals surface area (Å²) in [5.41, 5.74) is 7.09. The van der Waals surface area contributed by atoms with Crippen LogP contribution in [0.4, 0.5) is 5.00 Å². The Kier molecular flexibility index (Phi) is 5.93. The summed E-state index contributed by atoms with van der Waals surface area (Å²) >= 11 is 1.48. The smallest absolute Gasteiger partial charge is 0.251 e. The fourth-order valence-corrected chi connectivity index (χ4v) is 5.15. The van der Waals surface area contributed by atoms with Gasteiger partial charge < -0.3 is 16.4 Å². The molecule has 1 saturated heterocycles. The normalized spacial score (nSPS) is 18.2. The van der Waals surface area contributed by atoms with Gasteiger partial charge in [0.2, 0.25) is 11.8 Å². The summed E-state index contributed by atoms with van der Waals surface area (Å²) in [6.07, 6.45) is 5.48. The van der Waals surface area contributed by atoms with E-state index in [4.69, 9.17) is 5.73 Å². The van der Waals surface area contributed by atoms with Crippen LogP contribution in [0.3, 0.4) is 0 Å². The quantitative estimate of drug-likeness (QED) is 0.714. The monoisotopic (exact) mass is 378 g/mol. The molecule has 1 aromatic rings. The molecule has 0 radical (unpaired) electrons. The van der Waals surface area contributed by atoms with Gasteiger partial charge in [-0.25, -0.2) is 0 Å². The Morgan fingerprint density at radius 3 is 2.54 bits per heavy atom. The van der Waals surface area contributed by atoms with Crippen LogP contribution in [0.5, 0.6) is 0 Å². The van der Waals surface area contributed by atoms with Crippen molar-refractivity contribution in [3.8, 4) is 0 Å². The second-order valence-corrected chi connectivity index (χ2v) is 8.10. The van der Waals surface area contributed by atoms with Gasteiger partial charge in [-0.2, -0.15) is 0 Å². The molecular weight excluding hydrogens is 352 g/mol. The number of nitrogens with one attached hydrogen (secondary N) is 2. The van der Waals surface area contributed by atoms with Crippen LogP contribution in [0.2, 0.25) is 0 Å². The molecule has 4 N–H and O–H groups in total. The molecule has 0 spiro atoms. The Morgan fingerprint density at radius 1 is 1.19 bits per heavy atom. The zero-order valence-electron chi connectivity index (χ0n) is 15.1. The van der Waals surface area contributed by atoms with E-state index in [0.717, 1.165) is 57.2 Å². The molecule has 0 aromatic carbocycles. The number of amides is 3. The Labute approximate surface area is 157 Å². The van der Waals surface area contributed by atoms with E-state index >= 15 is 0 Å². The first-order valence-electron chi connectivity index (χ1n) is 9.17. The molecule has 2 heterocycles. The van der Waals surface area contributed by atoms with Crippen molar-refractivity contribution in [2.24, 2.45) is 11.7 Å². The Bertz CT molecular complexity index is 708. The van der Waals surface area contributed by atoms with Crippen molar-refractivity contribution in [2.75, 3.05) is 32.0 Å². The van der Waals surface area contributed by atoms with Crippen molar-refractivity contribution < 1.29 is 14.4 Å². The summed E-state index contributed by atoms with van der Waals surface area (Å²) in [6.45, 7) is 1.70. The number of thiophene rings is 1. The van der Waals surface area contributed by atoms with Crippen molar-refractivity contribution in [3.63, 3.8) is 0 Å². The van der Waals surface area contributed by atoms with Crippen LogP contribution in [0.25, 0.3) is 0 Å². The summed E-state index contributed by atoms with van der Waals surface area (Å²) in [4.78, 5) is 39.3. The third-order valence-electron chi connectivity index (χ3n) is 5.24. The van der Waals surface area contributed by atoms with E-state index in [1.54, 1.807) is 7.05 Å². The maximum absolute atomic E-state index is 12.5. The molecule has 3 amide bonds. The number of primary amides is 1. The van der Waals surface area contributed by atoms with Gasteiger partial charge in [0, 0.05) is 17.8 Å². The Balaban J connectivity index is 1.60. The van der Waals surface area contributed by atoms with Gasteiger partial charge in [-0.15, -0.1) is 11.3 Å². The Morgan fingerprint density at radius 2 is 1.88 bits per heavy atom. The second kappa shape index (κ2) is 8.18. The number of hydrogen-bond donors (Lipinski definition) is 3. The van der Waals surface area contributed by atoms with Gasteiger partial charge in [-0.1, -0.05) is 0 Å². The number of rotatable bonds is 5. The van der Waals surface area contributed by atoms with Gasteiger partial charge in [-0.3, -0.25) is 19.3 Å². The van der Waals surface area contributed by atoms with Crippen LogP contribution >= 0.6 is 11.3 Å². The lowest BCUT2D eigenvalue weighted by Crippen LogP contribution is -2.42. The largest absolute Gasteiger partial charge is 0.365 e. The molecule has 0 saturated carbocycles. The zero-order valence-corrected chi connectivity index (χ0v) is 15.9. The van der Waals surface area contributed by atoms with Crippen LogP contribution in [-0.2, 0) is 22.4 Å². The first kappa shape index (κ1) is 18.8. The molecule has 0 bridgehead atoms. The molecule has 0 unspecified atom stereocenters. The molecule has 3 rings (SSSR count). The number of carbonyl (C=O) groups excluding carboxylic acids is 3. The van der Waals surface area contributed by atoms with Crippen molar-refractivity contribution >= 4 is 34.1 Å². The van der Waals surface area contributed by atoms with E-state index in [1.165, 1.54) is 16.2 Å². The fourth-order valence-electron chi connectivity index (χ4n) is 3.84. The third-order valence-corrected chi connectivity index (χ3v) is 6.45. The number of nitrogens with two attached hydrogens (primary N) is 1. The van der Waals surface area contributed by atoms with Gasteiger partial charge in [0.05, 0.1) is 12.1 Å². The SMILES string of the molecule is CNC(=O)C1CCN(CC(=O)Nc2sc3c(c2C(N)=O)CCCC3)CC1. The predicted octanol–water partition coefficient (Wildman–Crippen LogP) is 1.12. The first-order valence-corrected chi connectivity index (χ1v) is 9.99. The lowest BCUT2D eigenvalue weighted by Gasteiger charge is -2.30. The average molecular weight is 378 g/mol. The average Bonchev–Trinajstić information content (AvgIpc) is 2.99. The summed E-state index contributed by atoms with van der Waals surface area (Å²) in [5, 5.41) is 6.18. The van der Waals surface area contributed by atoms with E-state index in [1.807, 2.05) is 4.90 Å². The molecule has 1 aliphatic heterocycles. The fraction of sp³-hybridized carbons (Fsp3) is 0.611. The molecule has 2 aliphatic rings. The van der Waals surface area contributed by atoms with Gasteiger partial charge in [0.25, 0.3) is 5.91 Å². The highest BCUT2D eigenvalue weighted by Crippen LogP contribution is 2.37. The molecule has 1 fully saturated rings. The number of hydrogen-bond acceptors (Lipinski definition) is 5. The maximum atomic E-state index is 12.5. The van der Waals surface area contributed by atoms with E-state index in [9.17, 15) is 14.4 Å². The van der Waals surface area contributed by atoms with E-state index < -0.39 is 5.91 Å². The van der Waals surface area contributed by atoms with E-state index in [0.29, 0.717) is 10.6 Å². The van der Waals surface area contributed by atoms with E-state index in [-0.39, 0.29) is 24.3 Å². The molecule has 8 heteroatoms. The van der Waals surface area contributed by atoms with Crippen LogP contribution in [0.1, 0.15) is 46.5 Å². The lowest BCUT2D eigenvalue weighted by molar-refractivity contribution is -0.126. The van der Waals surface area contributed by atoms with Crippen LogP contribution in [0, 0.1) is 5.92 Å². The topological polar surface area (TPSA) is 105 Å². The summed E-state index contributed by atoms with van der Waals surface area (Å²) in [5.74, 6) is -0.496. The Hall–Kier alpha value is -1.93. The predicted molar refractivity (Wildman–Crippen MR) is 101 cm³/mol. The second-order valence-electron chi connectivity index (χ2n) is 6.99. The van der Waals surface area contributed by atoms with Gasteiger partial charge in [0.15, 0.2) is 0 Å². The number of nitrogens with zero attached hydrogens (tertiary/aromatic N) is 1. The number of aryl methyl sites for hydroxylation is 1.